The topological polar surface area (TPSA) is 44.8 Å². The fourth-order valence-electron chi connectivity index (χ4n) is 1.69. The fourth-order valence-corrected chi connectivity index (χ4v) is 1.69. The summed E-state index contributed by atoms with van der Waals surface area (Å²) in [6.45, 7) is 2.10. The van der Waals surface area contributed by atoms with Gasteiger partial charge in [-0.1, -0.05) is 42.5 Å². The average molecular weight is 264 g/mol. The minimum absolute atomic E-state index is 0.328. The Labute approximate surface area is 114 Å². The highest BCUT2D eigenvalue weighted by Crippen LogP contribution is 2.15. The zero-order chi connectivity index (χ0) is 14.1. The summed E-state index contributed by atoms with van der Waals surface area (Å²) < 4.78 is 15.3. The summed E-state index contributed by atoms with van der Waals surface area (Å²) >= 11 is 0. The van der Waals surface area contributed by atoms with Gasteiger partial charge in [0, 0.05) is 14.2 Å². The van der Waals surface area contributed by atoms with E-state index in [1.807, 2.05) is 36.4 Å². The Bertz CT molecular complexity index is 396. The maximum atomic E-state index is 11.9. The van der Waals surface area contributed by atoms with Crippen molar-refractivity contribution in [2.24, 2.45) is 5.92 Å². The Balaban J connectivity index is 2.84. The molecule has 19 heavy (non-hydrogen) atoms. The number of carbonyl (C=O) groups is 1. The van der Waals surface area contributed by atoms with E-state index in [-0.39, 0.29) is 5.97 Å². The van der Waals surface area contributed by atoms with E-state index < -0.39 is 12.2 Å². The number of hydrogen-bond acceptors (Lipinski definition) is 4. The van der Waals surface area contributed by atoms with Gasteiger partial charge in [-0.2, -0.15) is 0 Å². The molecule has 0 saturated heterocycles. The first kappa shape index (κ1) is 15.4. The lowest BCUT2D eigenvalue weighted by Gasteiger charge is -2.20. The highest BCUT2D eigenvalue weighted by atomic mass is 16.7. The van der Waals surface area contributed by atoms with Crippen LogP contribution in [0.3, 0.4) is 0 Å². The van der Waals surface area contributed by atoms with E-state index in [9.17, 15) is 4.79 Å². The Morgan fingerprint density at radius 1 is 1.21 bits per heavy atom. The van der Waals surface area contributed by atoms with Crippen LogP contribution >= 0.6 is 0 Å². The molecule has 0 radical (unpaired) electrons. The van der Waals surface area contributed by atoms with E-state index >= 15 is 0 Å². The molecule has 1 aromatic rings. The molecule has 1 atom stereocenters. The van der Waals surface area contributed by atoms with Crippen LogP contribution in [0.4, 0.5) is 0 Å². The SMILES string of the molecule is CCOC(=O)C(C=Cc1ccccc1)C(OC)OC. The van der Waals surface area contributed by atoms with E-state index in [2.05, 4.69) is 0 Å². The van der Waals surface area contributed by atoms with Crippen molar-refractivity contribution in [1.29, 1.82) is 0 Å². The molecular weight excluding hydrogens is 244 g/mol. The molecule has 1 aromatic carbocycles. The normalized spacial score (nSPS) is 12.8. The van der Waals surface area contributed by atoms with E-state index in [4.69, 9.17) is 14.2 Å². The summed E-state index contributed by atoms with van der Waals surface area (Å²) in [6, 6.07) is 9.71. The molecular formula is C15H20O4. The quantitative estimate of drug-likeness (QED) is 0.560. The second-order valence-corrected chi connectivity index (χ2v) is 3.89. The molecule has 0 aromatic heterocycles. The van der Waals surface area contributed by atoms with Crippen LogP contribution in [-0.4, -0.2) is 33.1 Å². The van der Waals surface area contributed by atoms with E-state index in [1.165, 1.54) is 14.2 Å². The first-order valence-corrected chi connectivity index (χ1v) is 6.18. The van der Waals surface area contributed by atoms with Crippen molar-refractivity contribution < 1.29 is 19.0 Å². The Hall–Kier alpha value is -1.65. The molecule has 104 valence electrons. The smallest absolute Gasteiger partial charge is 0.318 e. The molecule has 0 saturated carbocycles. The van der Waals surface area contributed by atoms with Crippen molar-refractivity contribution in [2.75, 3.05) is 20.8 Å². The van der Waals surface area contributed by atoms with Crippen molar-refractivity contribution in [2.45, 2.75) is 13.2 Å². The second kappa shape index (κ2) is 8.45. The number of rotatable bonds is 7. The summed E-state index contributed by atoms with van der Waals surface area (Å²) in [5.74, 6) is -0.946. The largest absolute Gasteiger partial charge is 0.465 e. The van der Waals surface area contributed by atoms with Crippen LogP contribution in [-0.2, 0) is 19.0 Å². The number of ether oxygens (including phenoxy) is 3. The van der Waals surface area contributed by atoms with Crippen LogP contribution in [0.1, 0.15) is 12.5 Å². The average Bonchev–Trinajstić information content (AvgIpc) is 2.44. The molecule has 0 amide bonds. The number of esters is 1. The monoisotopic (exact) mass is 264 g/mol. The molecule has 0 bridgehead atoms. The third-order valence-electron chi connectivity index (χ3n) is 2.61. The van der Waals surface area contributed by atoms with Gasteiger partial charge in [-0.25, -0.2) is 0 Å². The Morgan fingerprint density at radius 2 is 1.84 bits per heavy atom. The van der Waals surface area contributed by atoms with Crippen molar-refractivity contribution in [1.82, 2.24) is 0 Å². The van der Waals surface area contributed by atoms with Crippen molar-refractivity contribution in [3.8, 4) is 0 Å². The van der Waals surface area contributed by atoms with Crippen LogP contribution < -0.4 is 0 Å². The molecule has 0 heterocycles. The molecule has 0 N–H and O–H groups in total. The predicted octanol–water partition coefficient (Wildman–Crippen LogP) is 2.50. The van der Waals surface area contributed by atoms with Gasteiger partial charge in [0.25, 0.3) is 0 Å². The predicted molar refractivity (Wildman–Crippen MR) is 73.4 cm³/mol. The second-order valence-electron chi connectivity index (χ2n) is 3.89. The highest BCUT2D eigenvalue weighted by molar-refractivity contribution is 5.76. The summed E-state index contributed by atoms with van der Waals surface area (Å²) in [7, 11) is 2.99. The Kier molecular flexibility index (Phi) is 6.85. The molecule has 0 aliphatic carbocycles. The number of carbonyl (C=O) groups excluding carboxylic acids is 1. The van der Waals surface area contributed by atoms with Gasteiger partial charge in [0.1, 0.15) is 5.92 Å². The van der Waals surface area contributed by atoms with Crippen LogP contribution in [0.15, 0.2) is 36.4 Å². The molecule has 0 aliphatic rings. The number of hydrogen-bond donors (Lipinski definition) is 0. The van der Waals surface area contributed by atoms with Crippen LogP contribution in [0, 0.1) is 5.92 Å². The lowest BCUT2D eigenvalue weighted by Crippen LogP contribution is -2.31. The van der Waals surface area contributed by atoms with E-state index in [1.54, 1.807) is 13.0 Å². The van der Waals surface area contributed by atoms with Gasteiger partial charge in [-0.05, 0) is 12.5 Å². The van der Waals surface area contributed by atoms with Crippen LogP contribution in [0.25, 0.3) is 6.08 Å². The first-order chi connectivity index (χ1) is 9.22. The van der Waals surface area contributed by atoms with Crippen LogP contribution in [0.2, 0.25) is 0 Å². The number of benzene rings is 1. The molecule has 4 heteroatoms. The minimum atomic E-state index is -0.654. The van der Waals surface area contributed by atoms with Crippen molar-refractivity contribution in [3.63, 3.8) is 0 Å². The third-order valence-corrected chi connectivity index (χ3v) is 2.61. The van der Waals surface area contributed by atoms with E-state index in [0.717, 1.165) is 5.56 Å². The van der Waals surface area contributed by atoms with Gasteiger partial charge >= 0.3 is 5.97 Å². The maximum absolute atomic E-state index is 11.9. The first-order valence-electron chi connectivity index (χ1n) is 6.18. The molecule has 1 unspecified atom stereocenters. The van der Waals surface area contributed by atoms with Gasteiger partial charge in [0.15, 0.2) is 6.29 Å². The van der Waals surface area contributed by atoms with Gasteiger partial charge in [0.05, 0.1) is 6.61 Å². The van der Waals surface area contributed by atoms with Gasteiger partial charge in [0.2, 0.25) is 0 Å². The number of methoxy groups -OCH3 is 2. The van der Waals surface area contributed by atoms with Gasteiger partial charge in [-0.15, -0.1) is 0 Å². The summed E-state index contributed by atoms with van der Waals surface area (Å²) in [5.41, 5.74) is 1.00. The molecule has 4 nitrogen and oxygen atoms in total. The summed E-state index contributed by atoms with van der Waals surface area (Å²) in [6.07, 6.45) is 2.94. The molecule has 0 aliphatic heterocycles. The third kappa shape index (κ3) is 4.85. The zero-order valence-electron chi connectivity index (χ0n) is 11.5. The molecule has 1 rings (SSSR count). The molecule has 0 spiro atoms. The maximum Gasteiger partial charge on any atom is 0.318 e. The standard InChI is InChI=1S/C15H20O4/c1-4-19-14(16)13(15(17-2)18-3)11-10-12-8-6-5-7-9-12/h5-11,13,15H,4H2,1-3H3. The molecule has 0 fully saturated rings. The van der Waals surface area contributed by atoms with Crippen molar-refractivity contribution in [3.05, 3.63) is 42.0 Å². The lowest BCUT2D eigenvalue weighted by molar-refractivity contribution is -0.169. The summed E-state index contributed by atoms with van der Waals surface area (Å²) in [5, 5.41) is 0. The van der Waals surface area contributed by atoms with E-state index in [0.29, 0.717) is 6.61 Å². The van der Waals surface area contributed by atoms with Crippen molar-refractivity contribution >= 4 is 12.0 Å². The minimum Gasteiger partial charge on any atom is -0.465 e. The zero-order valence-corrected chi connectivity index (χ0v) is 11.5. The fraction of sp³-hybridized carbons (Fsp3) is 0.400. The van der Waals surface area contributed by atoms with Crippen LogP contribution in [0.5, 0.6) is 0 Å². The van der Waals surface area contributed by atoms with Gasteiger partial charge < -0.3 is 14.2 Å². The highest BCUT2D eigenvalue weighted by Gasteiger charge is 2.27. The Morgan fingerprint density at radius 3 is 2.37 bits per heavy atom. The lowest BCUT2D eigenvalue weighted by atomic mass is 10.1. The van der Waals surface area contributed by atoms with Gasteiger partial charge in [-0.3, -0.25) is 4.79 Å². The summed E-state index contributed by atoms with van der Waals surface area (Å²) in [4.78, 5) is 11.9.